The predicted molar refractivity (Wildman–Crippen MR) is 106 cm³/mol. The van der Waals surface area contributed by atoms with Crippen LogP contribution in [0.1, 0.15) is 64.6 Å². The molecule has 2 aliphatic rings. The summed E-state index contributed by atoms with van der Waals surface area (Å²) in [6, 6.07) is 14.0. The molecule has 0 unspecified atom stereocenters. The SMILES string of the molecule is CC(C)[C@@H](C(=O)N[C@@H]1CCCc2ccccc21)N1C(=O)c2ccccc2C1=O. The van der Waals surface area contributed by atoms with Gasteiger partial charge in [-0.3, -0.25) is 19.3 Å². The Morgan fingerprint density at radius 1 is 1.00 bits per heavy atom. The number of fused-ring (bicyclic) bond motifs is 2. The Balaban J connectivity index is 1.61. The van der Waals surface area contributed by atoms with Crippen LogP contribution < -0.4 is 5.32 Å². The molecule has 28 heavy (non-hydrogen) atoms. The monoisotopic (exact) mass is 376 g/mol. The van der Waals surface area contributed by atoms with Gasteiger partial charge in [0.15, 0.2) is 0 Å². The number of carbonyl (C=O) groups is 3. The highest BCUT2D eigenvalue weighted by molar-refractivity contribution is 6.22. The average Bonchev–Trinajstić information content (AvgIpc) is 2.94. The third kappa shape index (κ3) is 3.01. The van der Waals surface area contributed by atoms with Crippen molar-refractivity contribution in [3.05, 3.63) is 70.8 Å². The minimum atomic E-state index is -0.832. The minimum Gasteiger partial charge on any atom is -0.347 e. The molecule has 0 saturated heterocycles. The Hall–Kier alpha value is -2.95. The minimum absolute atomic E-state index is 0.0890. The van der Waals surface area contributed by atoms with Crippen molar-refractivity contribution in [1.29, 1.82) is 0 Å². The lowest BCUT2D eigenvalue weighted by Gasteiger charge is -2.32. The van der Waals surface area contributed by atoms with Crippen LogP contribution in [-0.4, -0.2) is 28.7 Å². The van der Waals surface area contributed by atoms with Crippen LogP contribution in [0.5, 0.6) is 0 Å². The number of amides is 3. The van der Waals surface area contributed by atoms with E-state index in [1.165, 1.54) is 5.56 Å². The summed E-state index contributed by atoms with van der Waals surface area (Å²) >= 11 is 0. The van der Waals surface area contributed by atoms with Gasteiger partial charge in [0.05, 0.1) is 17.2 Å². The molecule has 0 bridgehead atoms. The second kappa shape index (κ2) is 7.23. The third-order valence-corrected chi connectivity index (χ3v) is 5.69. The molecule has 0 fully saturated rings. The van der Waals surface area contributed by atoms with E-state index in [2.05, 4.69) is 11.4 Å². The van der Waals surface area contributed by atoms with Crippen molar-refractivity contribution >= 4 is 17.7 Å². The smallest absolute Gasteiger partial charge is 0.262 e. The van der Waals surface area contributed by atoms with Crippen molar-refractivity contribution in [3.8, 4) is 0 Å². The Morgan fingerprint density at radius 3 is 2.25 bits per heavy atom. The molecule has 144 valence electrons. The molecule has 1 aliphatic heterocycles. The highest BCUT2D eigenvalue weighted by Gasteiger charge is 2.44. The van der Waals surface area contributed by atoms with Crippen LogP contribution in [0.4, 0.5) is 0 Å². The topological polar surface area (TPSA) is 66.5 Å². The fourth-order valence-corrected chi connectivity index (χ4v) is 4.34. The van der Waals surface area contributed by atoms with Crippen molar-refractivity contribution in [2.45, 2.75) is 45.2 Å². The summed E-state index contributed by atoms with van der Waals surface area (Å²) in [4.78, 5) is 40.1. The molecule has 3 amide bonds. The Morgan fingerprint density at radius 2 is 1.61 bits per heavy atom. The molecule has 0 radical (unpaired) electrons. The molecule has 4 rings (SSSR count). The number of aryl methyl sites for hydroxylation is 1. The molecule has 0 spiro atoms. The summed E-state index contributed by atoms with van der Waals surface area (Å²) in [6.45, 7) is 3.73. The van der Waals surface area contributed by atoms with Gasteiger partial charge in [-0.05, 0) is 48.4 Å². The van der Waals surface area contributed by atoms with E-state index in [9.17, 15) is 14.4 Å². The van der Waals surface area contributed by atoms with Gasteiger partial charge in [0.25, 0.3) is 11.8 Å². The number of nitrogens with zero attached hydrogens (tertiary/aromatic N) is 1. The summed E-state index contributed by atoms with van der Waals surface area (Å²) in [5.74, 6) is -1.25. The first-order chi connectivity index (χ1) is 13.5. The summed E-state index contributed by atoms with van der Waals surface area (Å²) in [5.41, 5.74) is 3.12. The maximum atomic E-state index is 13.2. The number of benzene rings is 2. The Labute approximate surface area is 164 Å². The summed E-state index contributed by atoms with van der Waals surface area (Å²) in [5, 5.41) is 3.12. The van der Waals surface area contributed by atoms with E-state index in [0.717, 1.165) is 29.7 Å². The maximum absolute atomic E-state index is 13.2. The molecule has 1 N–H and O–H groups in total. The van der Waals surface area contributed by atoms with Gasteiger partial charge in [0, 0.05) is 0 Å². The van der Waals surface area contributed by atoms with E-state index in [-0.39, 0.29) is 17.9 Å². The van der Waals surface area contributed by atoms with Crippen LogP contribution in [0.3, 0.4) is 0 Å². The lowest BCUT2D eigenvalue weighted by atomic mass is 9.87. The highest BCUT2D eigenvalue weighted by atomic mass is 16.2. The first-order valence-electron chi connectivity index (χ1n) is 9.84. The fourth-order valence-electron chi connectivity index (χ4n) is 4.34. The zero-order valence-corrected chi connectivity index (χ0v) is 16.1. The summed E-state index contributed by atoms with van der Waals surface area (Å²) in [7, 11) is 0. The molecule has 5 heteroatoms. The number of rotatable bonds is 4. The van der Waals surface area contributed by atoms with Gasteiger partial charge in [0.2, 0.25) is 5.91 Å². The molecule has 0 aromatic heterocycles. The number of nitrogens with one attached hydrogen (secondary N) is 1. The molecule has 2 atom stereocenters. The van der Waals surface area contributed by atoms with Gasteiger partial charge in [-0.2, -0.15) is 0 Å². The standard InChI is InChI=1S/C23H24N2O3/c1-14(2)20(25-22(27)17-11-5-6-12-18(17)23(25)28)21(26)24-19-13-7-9-15-8-3-4-10-16(15)19/h3-6,8,10-12,14,19-20H,7,9,13H2,1-2H3,(H,24,26)/t19-,20+/m1/s1. The van der Waals surface area contributed by atoms with Crippen LogP contribution >= 0.6 is 0 Å². The normalized spacial score (nSPS) is 19.4. The van der Waals surface area contributed by atoms with Crippen molar-refractivity contribution in [2.24, 2.45) is 5.92 Å². The predicted octanol–water partition coefficient (Wildman–Crippen LogP) is 3.50. The summed E-state index contributed by atoms with van der Waals surface area (Å²) in [6.07, 6.45) is 2.87. The van der Waals surface area contributed by atoms with Gasteiger partial charge in [0.1, 0.15) is 6.04 Å². The van der Waals surface area contributed by atoms with Crippen LogP contribution in [0.25, 0.3) is 0 Å². The number of hydrogen-bond donors (Lipinski definition) is 1. The van der Waals surface area contributed by atoms with Gasteiger partial charge in [-0.25, -0.2) is 0 Å². The van der Waals surface area contributed by atoms with Crippen LogP contribution in [0.15, 0.2) is 48.5 Å². The van der Waals surface area contributed by atoms with E-state index < -0.39 is 17.9 Å². The Kier molecular flexibility index (Phi) is 4.75. The molecule has 2 aromatic carbocycles. The van der Waals surface area contributed by atoms with Crippen molar-refractivity contribution in [3.63, 3.8) is 0 Å². The van der Waals surface area contributed by atoms with Gasteiger partial charge in [-0.15, -0.1) is 0 Å². The summed E-state index contributed by atoms with van der Waals surface area (Å²) < 4.78 is 0. The number of carbonyl (C=O) groups excluding carboxylic acids is 3. The molecular formula is C23H24N2O3. The maximum Gasteiger partial charge on any atom is 0.262 e. The third-order valence-electron chi connectivity index (χ3n) is 5.69. The molecule has 1 heterocycles. The number of hydrogen-bond acceptors (Lipinski definition) is 3. The van der Waals surface area contributed by atoms with E-state index in [4.69, 9.17) is 0 Å². The van der Waals surface area contributed by atoms with E-state index in [0.29, 0.717) is 11.1 Å². The zero-order valence-electron chi connectivity index (χ0n) is 16.1. The van der Waals surface area contributed by atoms with Crippen molar-refractivity contribution in [2.75, 3.05) is 0 Å². The second-order valence-electron chi connectivity index (χ2n) is 7.87. The molecule has 0 saturated carbocycles. The Bertz CT molecular complexity index is 915. The van der Waals surface area contributed by atoms with Crippen molar-refractivity contribution < 1.29 is 14.4 Å². The van der Waals surface area contributed by atoms with E-state index in [1.807, 2.05) is 32.0 Å². The quantitative estimate of drug-likeness (QED) is 0.831. The second-order valence-corrected chi connectivity index (χ2v) is 7.87. The fraction of sp³-hybridized carbons (Fsp3) is 0.348. The lowest BCUT2D eigenvalue weighted by molar-refractivity contribution is -0.127. The van der Waals surface area contributed by atoms with Crippen LogP contribution in [-0.2, 0) is 11.2 Å². The van der Waals surface area contributed by atoms with E-state index >= 15 is 0 Å². The highest BCUT2D eigenvalue weighted by Crippen LogP contribution is 2.31. The lowest BCUT2D eigenvalue weighted by Crippen LogP contribution is -2.53. The molecule has 5 nitrogen and oxygen atoms in total. The zero-order chi connectivity index (χ0) is 19.8. The van der Waals surface area contributed by atoms with E-state index in [1.54, 1.807) is 24.3 Å². The molecular weight excluding hydrogens is 352 g/mol. The largest absolute Gasteiger partial charge is 0.347 e. The molecule has 2 aromatic rings. The van der Waals surface area contributed by atoms with Crippen molar-refractivity contribution in [1.82, 2.24) is 10.2 Å². The van der Waals surface area contributed by atoms with Gasteiger partial charge >= 0.3 is 0 Å². The van der Waals surface area contributed by atoms with Gasteiger partial charge in [-0.1, -0.05) is 50.2 Å². The molecule has 1 aliphatic carbocycles. The average molecular weight is 376 g/mol. The van der Waals surface area contributed by atoms with Crippen LogP contribution in [0.2, 0.25) is 0 Å². The van der Waals surface area contributed by atoms with Crippen LogP contribution in [0, 0.1) is 5.92 Å². The number of imide groups is 1. The first kappa shape index (κ1) is 18.4. The van der Waals surface area contributed by atoms with Gasteiger partial charge < -0.3 is 5.32 Å². The first-order valence-corrected chi connectivity index (χ1v) is 9.84.